The normalized spacial score (nSPS) is 12.8. The average molecular weight is 1020 g/mol. The van der Waals surface area contributed by atoms with Crippen LogP contribution < -0.4 is 0 Å². The molecule has 0 aromatic carbocycles. The molecule has 0 aliphatic rings. The number of nitrogens with zero attached hydrogens (tertiary/aromatic N) is 1. The minimum absolute atomic E-state index is 0.180. The van der Waals surface area contributed by atoms with Crippen LogP contribution in [-0.2, 0) is 33.3 Å². The Balaban J connectivity index is 4.08. The molecule has 0 radical (unpaired) electrons. The van der Waals surface area contributed by atoms with Crippen molar-refractivity contribution in [1.82, 2.24) is 0 Å². The van der Waals surface area contributed by atoms with Crippen molar-refractivity contribution in [3.63, 3.8) is 0 Å². The molecule has 0 aromatic rings. The van der Waals surface area contributed by atoms with Crippen LogP contribution in [0.3, 0.4) is 0 Å². The minimum Gasteiger partial charge on any atom is -0.477 e. The SMILES string of the molecule is CCCCC/C=C\C/C=C\CCCCCCCCCC(=O)OC(COC(=O)CCCCCCCCCCCCCCCCCCCCCCCCCCCCCCCC)COC(OCC[N+](C)(C)C)C(=O)O. The van der Waals surface area contributed by atoms with Gasteiger partial charge >= 0.3 is 17.9 Å². The van der Waals surface area contributed by atoms with Gasteiger partial charge in [-0.15, -0.1) is 0 Å². The quantitative estimate of drug-likeness (QED) is 0.0211. The van der Waals surface area contributed by atoms with E-state index in [0.717, 1.165) is 51.4 Å². The summed E-state index contributed by atoms with van der Waals surface area (Å²) in [6.45, 7) is 4.89. The predicted octanol–water partition coefficient (Wildman–Crippen LogP) is 18.3. The highest BCUT2D eigenvalue weighted by Gasteiger charge is 2.25. The van der Waals surface area contributed by atoms with Gasteiger partial charge in [0, 0.05) is 12.8 Å². The number of aliphatic carboxylic acids is 1. The summed E-state index contributed by atoms with van der Waals surface area (Å²) in [5, 5.41) is 9.70. The Morgan fingerprint density at radius 3 is 1.12 bits per heavy atom. The smallest absolute Gasteiger partial charge is 0.361 e. The van der Waals surface area contributed by atoms with E-state index in [2.05, 4.69) is 38.2 Å². The summed E-state index contributed by atoms with van der Waals surface area (Å²) in [4.78, 5) is 37.4. The number of quaternary nitrogens is 1. The molecular formula is C63H120NO8+. The molecule has 2 atom stereocenters. The molecule has 0 aliphatic carbocycles. The van der Waals surface area contributed by atoms with Crippen LogP contribution in [0.4, 0.5) is 0 Å². The predicted molar refractivity (Wildman–Crippen MR) is 304 cm³/mol. The zero-order chi connectivity index (χ0) is 52.7. The number of hydrogen-bond acceptors (Lipinski definition) is 7. The summed E-state index contributed by atoms with van der Waals surface area (Å²) in [5.74, 6) is -2.00. The summed E-state index contributed by atoms with van der Waals surface area (Å²) in [6.07, 6.45) is 62.8. The third kappa shape index (κ3) is 55.5. The Morgan fingerprint density at radius 2 is 0.750 bits per heavy atom. The van der Waals surface area contributed by atoms with Crippen LogP contribution in [-0.4, -0.2) is 87.4 Å². The molecule has 0 heterocycles. The highest BCUT2D eigenvalue weighted by Crippen LogP contribution is 2.18. The molecule has 0 bridgehead atoms. The van der Waals surface area contributed by atoms with Crippen molar-refractivity contribution >= 4 is 17.9 Å². The highest BCUT2D eigenvalue weighted by atomic mass is 16.7. The first-order valence-electron chi connectivity index (χ1n) is 31.0. The van der Waals surface area contributed by atoms with Crippen LogP contribution in [0.1, 0.15) is 303 Å². The lowest BCUT2D eigenvalue weighted by Gasteiger charge is -2.25. The topological polar surface area (TPSA) is 108 Å². The van der Waals surface area contributed by atoms with Crippen LogP contribution in [0, 0.1) is 0 Å². The lowest BCUT2D eigenvalue weighted by atomic mass is 10.0. The van der Waals surface area contributed by atoms with E-state index >= 15 is 0 Å². The first-order valence-corrected chi connectivity index (χ1v) is 31.0. The van der Waals surface area contributed by atoms with Crippen molar-refractivity contribution < 1.29 is 42.9 Å². The van der Waals surface area contributed by atoms with Gasteiger partial charge in [-0.2, -0.15) is 0 Å². The van der Waals surface area contributed by atoms with Crippen molar-refractivity contribution in [2.75, 3.05) is 47.5 Å². The molecule has 424 valence electrons. The van der Waals surface area contributed by atoms with Gasteiger partial charge in [-0.05, 0) is 44.9 Å². The van der Waals surface area contributed by atoms with Crippen LogP contribution in [0.25, 0.3) is 0 Å². The van der Waals surface area contributed by atoms with Gasteiger partial charge in [0.15, 0.2) is 6.10 Å². The maximum Gasteiger partial charge on any atom is 0.361 e. The van der Waals surface area contributed by atoms with Gasteiger partial charge in [0.25, 0.3) is 6.29 Å². The highest BCUT2D eigenvalue weighted by molar-refractivity contribution is 5.71. The standard InChI is InChI=1S/C63H119NO8/c1-6-8-10-12-14-16-18-20-22-24-25-26-27-28-29-30-31-32-33-34-35-36-38-39-41-43-45-47-49-51-53-60(65)70-57-59(58-71-63(62(67)68)69-56-55-64(3,4)5)72-61(66)54-52-50-48-46-44-42-40-37-23-21-19-17-15-13-11-9-7-2/h15,17,21,23,59,63H,6-14,16,18-20,22,24-58H2,1-5H3/p+1/b17-15-,23-21-. The maximum atomic E-state index is 12.9. The maximum absolute atomic E-state index is 12.9. The van der Waals surface area contributed by atoms with Crippen LogP contribution in [0.15, 0.2) is 24.3 Å². The third-order valence-electron chi connectivity index (χ3n) is 14.0. The number of unbranched alkanes of at least 4 members (excludes halogenated alkanes) is 39. The number of carbonyl (C=O) groups excluding carboxylic acids is 2. The minimum atomic E-state index is -1.51. The molecule has 0 rings (SSSR count). The van der Waals surface area contributed by atoms with E-state index in [9.17, 15) is 19.5 Å². The Labute approximate surface area is 446 Å². The first kappa shape index (κ1) is 69.8. The second-order valence-corrected chi connectivity index (χ2v) is 22.4. The summed E-state index contributed by atoms with van der Waals surface area (Å²) >= 11 is 0. The number of hydrogen-bond donors (Lipinski definition) is 1. The van der Waals surface area contributed by atoms with Gasteiger partial charge in [-0.1, -0.05) is 269 Å². The van der Waals surface area contributed by atoms with Crippen molar-refractivity contribution in [3.8, 4) is 0 Å². The van der Waals surface area contributed by atoms with E-state index in [1.54, 1.807) is 0 Å². The van der Waals surface area contributed by atoms with Crippen molar-refractivity contribution in [2.24, 2.45) is 0 Å². The van der Waals surface area contributed by atoms with E-state index < -0.39 is 24.3 Å². The summed E-state index contributed by atoms with van der Waals surface area (Å²) in [7, 11) is 5.97. The third-order valence-corrected chi connectivity index (χ3v) is 14.0. The lowest BCUT2D eigenvalue weighted by Crippen LogP contribution is -2.40. The number of allylic oxidation sites excluding steroid dienone is 4. The number of ether oxygens (including phenoxy) is 4. The van der Waals surface area contributed by atoms with Gasteiger partial charge in [0.2, 0.25) is 0 Å². The van der Waals surface area contributed by atoms with Crippen molar-refractivity contribution in [3.05, 3.63) is 24.3 Å². The molecule has 9 heteroatoms. The van der Waals surface area contributed by atoms with Crippen LogP contribution >= 0.6 is 0 Å². The molecule has 1 N–H and O–H groups in total. The zero-order valence-corrected chi connectivity index (χ0v) is 48.4. The van der Waals surface area contributed by atoms with Gasteiger partial charge in [-0.3, -0.25) is 9.59 Å². The first-order chi connectivity index (χ1) is 35.1. The Morgan fingerprint density at radius 1 is 0.417 bits per heavy atom. The van der Waals surface area contributed by atoms with Gasteiger partial charge < -0.3 is 28.5 Å². The number of esters is 2. The van der Waals surface area contributed by atoms with Gasteiger partial charge in [-0.25, -0.2) is 4.79 Å². The monoisotopic (exact) mass is 1020 g/mol. The Bertz CT molecular complexity index is 1230. The Hall–Kier alpha value is -2.23. The van der Waals surface area contributed by atoms with E-state index in [4.69, 9.17) is 18.9 Å². The largest absolute Gasteiger partial charge is 0.477 e. The summed E-state index contributed by atoms with van der Waals surface area (Å²) < 4.78 is 22.9. The van der Waals surface area contributed by atoms with Gasteiger partial charge in [0.1, 0.15) is 13.2 Å². The van der Waals surface area contributed by atoms with E-state index in [1.165, 1.54) is 218 Å². The fourth-order valence-corrected chi connectivity index (χ4v) is 9.16. The van der Waals surface area contributed by atoms with Gasteiger partial charge in [0.05, 0.1) is 34.4 Å². The Kier molecular flexibility index (Phi) is 53.3. The van der Waals surface area contributed by atoms with Crippen LogP contribution in [0.2, 0.25) is 0 Å². The number of carboxylic acids is 1. The number of rotatable bonds is 58. The molecule has 2 unspecified atom stereocenters. The molecule has 0 fully saturated rings. The fourth-order valence-electron chi connectivity index (χ4n) is 9.16. The number of carboxylic acid groups (broad SMARTS) is 1. The molecule has 9 nitrogen and oxygen atoms in total. The second kappa shape index (κ2) is 55.0. The molecule has 0 aromatic heterocycles. The van der Waals surface area contributed by atoms with E-state index in [0.29, 0.717) is 23.9 Å². The van der Waals surface area contributed by atoms with E-state index in [-0.39, 0.29) is 32.2 Å². The molecule has 0 saturated heterocycles. The number of likely N-dealkylation sites (N-methyl/N-ethyl adjacent to an activating group) is 1. The molecule has 0 spiro atoms. The molecule has 72 heavy (non-hydrogen) atoms. The van der Waals surface area contributed by atoms with Crippen LogP contribution in [0.5, 0.6) is 0 Å². The molecule has 0 amide bonds. The molecular weight excluding hydrogens is 899 g/mol. The zero-order valence-electron chi connectivity index (χ0n) is 48.4. The summed E-state index contributed by atoms with van der Waals surface area (Å²) in [5.41, 5.74) is 0. The molecule has 0 saturated carbocycles. The average Bonchev–Trinajstić information content (AvgIpc) is 3.35. The molecule has 0 aliphatic heterocycles. The second-order valence-electron chi connectivity index (χ2n) is 22.4. The number of carbonyl (C=O) groups is 3. The van der Waals surface area contributed by atoms with Crippen molar-refractivity contribution in [1.29, 1.82) is 0 Å². The van der Waals surface area contributed by atoms with Crippen molar-refractivity contribution in [2.45, 2.75) is 315 Å². The lowest BCUT2D eigenvalue weighted by molar-refractivity contribution is -0.870. The fraction of sp³-hybridized carbons (Fsp3) is 0.889. The summed E-state index contributed by atoms with van der Waals surface area (Å²) in [6, 6.07) is 0. The van der Waals surface area contributed by atoms with E-state index in [1.807, 2.05) is 21.1 Å².